The molecule has 2 bridgehead atoms. The summed E-state index contributed by atoms with van der Waals surface area (Å²) in [6.45, 7) is 2.97. The summed E-state index contributed by atoms with van der Waals surface area (Å²) < 4.78 is 0. The zero-order valence-electron chi connectivity index (χ0n) is 5.46. The lowest BCUT2D eigenvalue weighted by atomic mass is 10.0. The second-order valence-corrected chi connectivity index (χ2v) is 3.13. The highest BCUT2D eigenvalue weighted by Crippen LogP contribution is 2.32. The molecule has 3 atom stereocenters. The van der Waals surface area contributed by atoms with Crippen LogP contribution in [0.25, 0.3) is 0 Å². The highest BCUT2D eigenvalue weighted by atomic mass is 16.3. The van der Waals surface area contributed by atoms with Gasteiger partial charge in [-0.05, 0) is 6.92 Å². The SMILES string of the molecule is CC12C=CC(CN1)[C@H]2O. The fraction of sp³-hybridized carbons (Fsp3) is 0.714. The predicted molar refractivity (Wildman–Crippen MR) is 35.0 cm³/mol. The number of fused-ring (bicyclic) bond motifs is 2. The molecule has 2 nitrogen and oxygen atoms in total. The molecule has 9 heavy (non-hydrogen) atoms. The second kappa shape index (κ2) is 1.39. The molecular formula is C7H11NO. The molecule has 0 saturated carbocycles. The van der Waals surface area contributed by atoms with Crippen molar-refractivity contribution in [3.05, 3.63) is 12.2 Å². The molecule has 0 amide bonds. The second-order valence-electron chi connectivity index (χ2n) is 3.13. The normalized spacial score (nSPS) is 54.9. The Kier molecular flexibility index (Phi) is 0.838. The minimum Gasteiger partial charge on any atom is -0.390 e. The van der Waals surface area contributed by atoms with Gasteiger partial charge in [-0.25, -0.2) is 0 Å². The van der Waals surface area contributed by atoms with Crippen molar-refractivity contribution in [2.24, 2.45) is 5.92 Å². The van der Waals surface area contributed by atoms with Crippen molar-refractivity contribution in [3.63, 3.8) is 0 Å². The van der Waals surface area contributed by atoms with E-state index in [0.717, 1.165) is 6.54 Å². The summed E-state index contributed by atoms with van der Waals surface area (Å²) in [4.78, 5) is 0. The van der Waals surface area contributed by atoms with Crippen molar-refractivity contribution in [1.82, 2.24) is 5.32 Å². The van der Waals surface area contributed by atoms with Crippen molar-refractivity contribution in [2.75, 3.05) is 6.54 Å². The van der Waals surface area contributed by atoms with Crippen LogP contribution in [0.1, 0.15) is 6.92 Å². The number of rotatable bonds is 0. The molecular weight excluding hydrogens is 114 g/mol. The van der Waals surface area contributed by atoms with E-state index in [1.807, 2.05) is 6.92 Å². The van der Waals surface area contributed by atoms with Crippen LogP contribution >= 0.6 is 0 Å². The molecule has 1 saturated heterocycles. The van der Waals surface area contributed by atoms with Gasteiger partial charge in [0.25, 0.3) is 0 Å². The van der Waals surface area contributed by atoms with Gasteiger partial charge in [0.15, 0.2) is 0 Å². The van der Waals surface area contributed by atoms with Crippen molar-refractivity contribution >= 4 is 0 Å². The fourth-order valence-corrected chi connectivity index (χ4v) is 1.65. The maximum Gasteiger partial charge on any atom is 0.0829 e. The van der Waals surface area contributed by atoms with Crippen LogP contribution < -0.4 is 5.32 Å². The minimum absolute atomic E-state index is 0.106. The number of aliphatic hydroxyl groups is 1. The van der Waals surface area contributed by atoms with E-state index in [0.29, 0.717) is 5.92 Å². The smallest absolute Gasteiger partial charge is 0.0829 e. The Morgan fingerprint density at radius 3 is 2.67 bits per heavy atom. The number of aliphatic hydroxyl groups excluding tert-OH is 1. The van der Waals surface area contributed by atoms with E-state index in [2.05, 4.69) is 17.5 Å². The molecule has 0 aromatic rings. The van der Waals surface area contributed by atoms with Gasteiger partial charge in [0.2, 0.25) is 0 Å². The number of nitrogens with one attached hydrogen (secondary N) is 1. The summed E-state index contributed by atoms with van der Waals surface area (Å²) in [7, 11) is 0. The first kappa shape index (κ1) is 5.45. The van der Waals surface area contributed by atoms with E-state index in [-0.39, 0.29) is 11.6 Å². The van der Waals surface area contributed by atoms with Gasteiger partial charge in [-0.2, -0.15) is 0 Å². The average Bonchev–Trinajstić information content (AvgIpc) is 2.24. The zero-order valence-corrected chi connectivity index (χ0v) is 5.46. The highest BCUT2D eigenvalue weighted by molar-refractivity contribution is 5.24. The van der Waals surface area contributed by atoms with E-state index in [1.165, 1.54) is 0 Å². The third-order valence-electron chi connectivity index (χ3n) is 2.43. The van der Waals surface area contributed by atoms with Crippen molar-refractivity contribution in [2.45, 2.75) is 18.6 Å². The van der Waals surface area contributed by atoms with Crippen LogP contribution in [-0.4, -0.2) is 23.3 Å². The number of hydrogen-bond acceptors (Lipinski definition) is 2. The number of hydrogen-bond donors (Lipinski definition) is 2. The molecule has 2 unspecified atom stereocenters. The Bertz CT molecular complexity index is 166. The molecule has 0 aromatic heterocycles. The summed E-state index contributed by atoms with van der Waals surface area (Å²) in [5.41, 5.74) is -0.106. The molecule has 2 rings (SSSR count). The lowest BCUT2D eigenvalue weighted by Gasteiger charge is -2.21. The van der Waals surface area contributed by atoms with E-state index < -0.39 is 0 Å². The molecule has 1 heterocycles. The van der Waals surface area contributed by atoms with Crippen LogP contribution in [0.4, 0.5) is 0 Å². The molecule has 1 fully saturated rings. The van der Waals surface area contributed by atoms with Gasteiger partial charge < -0.3 is 10.4 Å². The summed E-state index contributed by atoms with van der Waals surface area (Å²) in [6, 6.07) is 0. The highest BCUT2D eigenvalue weighted by Gasteiger charge is 2.45. The molecule has 0 aromatic carbocycles. The van der Waals surface area contributed by atoms with Gasteiger partial charge in [0.1, 0.15) is 0 Å². The van der Waals surface area contributed by atoms with Gasteiger partial charge in [0.05, 0.1) is 11.6 Å². The first-order chi connectivity index (χ1) is 4.22. The van der Waals surface area contributed by atoms with Crippen LogP contribution in [0.3, 0.4) is 0 Å². The van der Waals surface area contributed by atoms with E-state index in [1.54, 1.807) is 0 Å². The molecule has 2 heteroatoms. The zero-order chi connectivity index (χ0) is 6.48. The first-order valence-electron chi connectivity index (χ1n) is 3.35. The fourth-order valence-electron chi connectivity index (χ4n) is 1.65. The van der Waals surface area contributed by atoms with E-state index in [9.17, 15) is 5.11 Å². The summed E-state index contributed by atoms with van der Waals surface area (Å²) >= 11 is 0. The summed E-state index contributed by atoms with van der Waals surface area (Å²) in [5.74, 6) is 0.370. The van der Waals surface area contributed by atoms with E-state index >= 15 is 0 Å². The van der Waals surface area contributed by atoms with Gasteiger partial charge in [-0.1, -0.05) is 12.2 Å². The Labute approximate surface area is 54.6 Å². The van der Waals surface area contributed by atoms with Crippen molar-refractivity contribution < 1.29 is 5.11 Å². The molecule has 1 aliphatic carbocycles. The van der Waals surface area contributed by atoms with Gasteiger partial charge in [-0.3, -0.25) is 0 Å². The summed E-state index contributed by atoms with van der Waals surface area (Å²) in [5, 5.41) is 12.7. The Morgan fingerprint density at radius 1 is 1.78 bits per heavy atom. The van der Waals surface area contributed by atoms with Crippen molar-refractivity contribution in [3.8, 4) is 0 Å². The van der Waals surface area contributed by atoms with Gasteiger partial charge in [-0.15, -0.1) is 0 Å². The molecule has 2 N–H and O–H groups in total. The maximum atomic E-state index is 9.46. The molecule has 2 aliphatic rings. The third-order valence-corrected chi connectivity index (χ3v) is 2.43. The monoisotopic (exact) mass is 125 g/mol. The van der Waals surface area contributed by atoms with Crippen LogP contribution in [0.2, 0.25) is 0 Å². The molecule has 1 aliphatic heterocycles. The minimum atomic E-state index is -0.183. The Morgan fingerprint density at radius 2 is 2.56 bits per heavy atom. The van der Waals surface area contributed by atoms with Crippen molar-refractivity contribution in [1.29, 1.82) is 0 Å². The molecule has 0 radical (unpaired) electrons. The predicted octanol–water partition coefficient (Wildman–Crippen LogP) is -0.105. The molecule has 50 valence electrons. The lowest BCUT2D eigenvalue weighted by Crippen LogP contribution is -2.41. The van der Waals surface area contributed by atoms with Crippen LogP contribution in [-0.2, 0) is 0 Å². The maximum absolute atomic E-state index is 9.46. The Balaban J connectivity index is 2.36. The quantitative estimate of drug-likeness (QED) is 0.443. The summed E-state index contributed by atoms with van der Waals surface area (Å²) in [6.07, 6.45) is 3.98. The van der Waals surface area contributed by atoms with E-state index in [4.69, 9.17) is 0 Å². The Hall–Kier alpha value is -0.340. The van der Waals surface area contributed by atoms with Crippen LogP contribution in [0.5, 0.6) is 0 Å². The largest absolute Gasteiger partial charge is 0.390 e. The van der Waals surface area contributed by atoms with Gasteiger partial charge in [0, 0.05) is 12.5 Å². The van der Waals surface area contributed by atoms with Crippen LogP contribution in [0, 0.1) is 5.92 Å². The van der Waals surface area contributed by atoms with Gasteiger partial charge >= 0.3 is 0 Å². The topological polar surface area (TPSA) is 32.3 Å². The first-order valence-corrected chi connectivity index (χ1v) is 3.35. The standard InChI is InChI=1S/C7H11NO/c1-7-3-2-5(4-8-7)6(7)9/h2-3,5-6,8-9H,4H2,1H3/t5?,6-,7?/m1/s1. The average molecular weight is 125 g/mol. The molecule has 0 spiro atoms. The third kappa shape index (κ3) is 0.523. The van der Waals surface area contributed by atoms with Crippen LogP contribution in [0.15, 0.2) is 12.2 Å². The lowest BCUT2D eigenvalue weighted by molar-refractivity contribution is 0.122.